The molecule has 1 saturated carbocycles. The number of aromatic nitrogens is 3. The van der Waals surface area contributed by atoms with Gasteiger partial charge in [0.25, 0.3) is 5.91 Å². The van der Waals surface area contributed by atoms with Crippen LogP contribution in [-0.2, 0) is 4.74 Å². The number of carbonyl (C=O) groups is 1. The summed E-state index contributed by atoms with van der Waals surface area (Å²) in [7, 11) is 0. The number of likely N-dealkylation sites (tertiary alicyclic amines) is 2. The summed E-state index contributed by atoms with van der Waals surface area (Å²) in [4.78, 5) is 21.7. The molecular weight excluding hydrogens is 770 g/mol. The van der Waals surface area contributed by atoms with Gasteiger partial charge in [-0.15, -0.1) is 10.2 Å². The minimum absolute atomic E-state index is 0.0822. The second kappa shape index (κ2) is 16.8. The van der Waals surface area contributed by atoms with Crippen LogP contribution in [0.1, 0.15) is 87.2 Å². The van der Waals surface area contributed by atoms with E-state index < -0.39 is 18.8 Å². The summed E-state index contributed by atoms with van der Waals surface area (Å²) in [6.07, 6.45) is 11.9. The minimum Gasteiger partial charge on any atom is -0.507 e. The lowest BCUT2D eigenvalue weighted by molar-refractivity contribution is 0.0176. The number of para-hydroxylation sites is 1. The van der Waals surface area contributed by atoms with Gasteiger partial charge in [0.1, 0.15) is 17.5 Å². The van der Waals surface area contributed by atoms with Crippen molar-refractivity contribution in [1.29, 1.82) is 0 Å². The Hall–Kier alpha value is -5.50. The van der Waals surface area contributed by atoms with Crippen molar-refractivity contribution in [2.75, 3.05) is 81.1 Å². The predicted molar refractivity (Wildman–Crippen MR) is 238 cm³/mol. The summed E-state index contributed by atoms with van der Waals surface area (Å²) >= 11 is 0. The maximum Gasteiger partial charge on any atom is 0.253 e. The molecule has 318 valence electrons. The molecule has 61 heavy (non-hydrogen) atoms. The zero-order chi connectivity index (χ0) is 43.2. The fourth-order valence-electron chi connectivity index (χ4n) is 9.87. The molecule has 1 amide bonds. The van der Waals surface area contributed by atoms with Gasteiger partial charge < -0.3 is 39.7 Å². The standard InChI is InChI=1S/C48H56FN9O3/c49-48(31-54-21-15-33(16-22-54)40-29-58(36-5-3-6-36)42-27-37(13-14-38(40)42)57-20-4-19-51-32-57)17-23-55(24-18-48)47(60)35-11-9-34(10-12-35)45-30-56(25-26-61-45)43-28-41(52-53-46(43)50)39-7-1-2-8-44(39)59/h1-2,4,7-14,20,27-29,33,36,45,51,59H,3,5-6,15-19,21-26,30-32H2,(H2,50,53)/i19D,32D/t19?,32-,45?/m0/s1. The minimum atomic E-state index is -1.34. The van der Waals surface area contributed by atoms with Crippen LogP contribution in [0.5, 0.6) is 5.75 Å². The molecule has 10 rings (SSSR count). The fourth-order valence-corrected chi connectivity index (χ4v) is 9.87. The third-order valence-corrected chi connectivity index (χ3v) is 13.7. The highest BCUT2D eigenvalue weighted by Gasteiger charge is 2.39. The first-order valence-electron chi connectivity index (χ1n) is 23.0. The summed E-state index contributed by atoms with van der Waals surface area (Å²) in [5.74, 6) is 0.731. The molecule has 5 aliphatic rings. The van der Waals surface area contributed by atoms with Crippen LogP contribution in [0.15, 0.2) is 91.3 Å². The van der Waals surface area contributed by atoms with E-state index in [9.17, 15) is 9.90 Å². The fraction of sp³-hybridized carbons (Fsp3) is 0.438. The number of aromatic hydroxyl groups is 1. The van der Waals surface area contributed by atoms with Crippen LogP contribution >= 0.6 is 0 Å². The van der Waals surface area contributed by atoms with Gasteiger partial charge in [-0.2, -0.15) is 0 Å². The predicted octanol–water partition coefficient (Wildman–Crippen LogP) is 7.39. The number of ether oxygens (including phenoxy) is 1. The van der Waals surface area contributed by atoms with Crippen LogP contribution in [0, 0.1) is 0 Å². The van der Waals surface area contributed by atoms with Crippen molar-refractivity contribution in [3.05, 3.63) is 108 Å². The summed E-state index contributed by atoms with van der Waals surface area (Å²) in [6.45, 7) is 3.17. The Labute approximate surface area is 359 Å². The molecule has 0 radical (unpaired) electrons. The first-order chi connectivity index (χ1) is 30.6. The van der Waals surface area contributed by atoms with E-state index in [2.05, 4.69) is 54.3 Å². The lowest BCUT2D eigenvalue weighted by atomic mass is 9.87. The quantitative estimate of drug-likeness (QED) is 0.138. The number of nitrogen functional groups attached to an aromatic ring is 1. The number of benzene rings is 3. The number of nitrogens with one attached hydrogen (secondary N) is 1. The van der Waals surface area contributed by atoms with Crippen molar-refractivity contribution >= 4 is 34.0 Å². The number of anilines is 3. The molecule has 4 aliphatic heterocycles. The second-order valence-corrected chi connectivity index (χ2v) is 17.4. The van der Waals surface area contributed by atoms with Gasteiger partial charge in [0.2, 0.25) is 0 Å². The van der Waals surface area contributed by atoms with Gasteiger partial charge in [-0.1, -0.05) is 36.4 Å². The number of morpholine rings is 1. The van der Waals surface area contributed by atoms with E-state index in [0.29, 0.717) is 86.8 Å². The number of alkyl halides is 1. The van der Waals surface area contributed by atoms with Gasteiger partial charge in [0, 0.05) is 94.1 Å². The maximum atomic E-state index is 16.5. The van der Waals surface area contributed by atoms with Crippen molar-refractivity contribution < 1.29 is 21.8 Å². The molecule has 0 bridgehead atoms. The molecule has 1 aliphatic carbocycles. The first kappa shape index (κ1) is 37.3. The number of nitrogens with two attached hydrogens (primary N) is 1. The van der Waals surface area contributed by atoms with E-state index in [1.54, 1.807) is 29.2 Å². The summed E-state index contributed by atoms with van der Waals surface area (Å²) in [5.41, 5.74) is 11.8. The Morgan fingerprint density at radius 1 is 0.984 bits per heavy atom. The number of rotatable bonds is 9. The van der Waals surface area contributed by atoms with E-state index in [-0.39, 0.29) is 17.8 Å². The Bertz CT molecular complexity index is 2480. The molecule has 2 unspecified atom stereocenters. The van der Waals surface area contributed by atoms with E-state index in [4.69, 9.17) is 13.2 Å². The van der Waals surface area contributed by atoms with Gasteiger partial charge in [-0.05, 0) is 105 Å². The first-order valence-corrected chi connectivity index (χ1v) is 21.9. The van der Waals surface area contributed by atoms with E-state index >= 15 is 4.39 Å². The summed E-state index contributed by atoms with van der Waals surface area (Å²) < 4.78 is 41.6. The van der Waals surface area contributed by atoms with Gasteiger partial charge in [0.15, 0.2) is 5.82 Å². The highest BCUT2D eigenvalue weighted by molar-refractivity contribution is 5.94. The van der Waals surface area contributed by atoms with Gasteiger partial charge in [-0.25, -0.2) is 4.39 Å². The Morgan fingerprint density at radius 3 is 2.54 bits per heavy atom. The molecule has 3 saturated heterocycles. The Kier molecular flexibility index (Phi) is 10.2. The van der Waals surface area contributed by atoms with Crippen LogP contribution in [0.4, 0.5) is 21.6 Å². The normalized spacial score (nSPS) is 24.4. The van der Waals surface area contributed by atoms with Crippen molar-refractivity contribution in [2.45, 2.75) is 68.7 Å². The van der Waals surface area contributed by atoms with Crippen molar-refractivity contribution in [2.24, 2.45) is 0 Å². The third kappa shape index (κ3) is 8.06. The van der Waals surface area contributed by atoms with Crippen LogP contribution in [-0.4, -0.2) is 107 Å². The Morgan fingerprint density at radius 2 is 1.79 bits per heavy atom. The molecule has 4 fully saturated rings. The van der Waals surface area contributed by atoms with Crippen LogP contribution < -0.4 is 20.9 Å². The molecule has 0 spiro atoms. The SMILES string of the molecule is [2H]C1C=CN(c2ccc3c(C4CCN(CC5(F)CCN(C(=O)c6ccc(C7CN(c8cc(-c9ccccc9O)nnc8N)CCO7)cc6)CC5)CC4)cn(C4CCC4)c3c2)[C@@H]([2H])N1. The topological polar surface area (TPSA) is 128 Å². The van der Waals surface area contributed by atoms with Crippen molar-refractivity contribution in [3.8, 4) is 17.0 Å². The number of carbonyl (C=O) groups excluding carboxylic acids is 1. The number of hydrogen-bond acceptors (Lipinski definition) is 10. The number of fused-ring (bicyclic) bond motifs is 1. The lowest BCUT2D eigenvalue weighted by Crippen LogP contribution is -2.50. The highest BCUT2D eigenvalue weighted by atomic mass is 19.1. The average Bonchev–Trinajstić information content (AvgIpc) is 3.64. The third-order valence-electron chi connectivity index (χ3n) is 13.7. The molecule has 13 heteroatoms. The summed E-state index contributed by atoms with van der Waals surface area (Å²) in [5, 5.41) is 23.0. The monoisotopic (exact) mass is 827 g/mol. The number of halogens is 1. The molecule has 3 aromatic carbocycles. The summed E-state index contributed by atoms with van der Waals surface area (Å²) in [6, 6.07) is 23.4. The van der Waals surface area contributed by atoms with Crippen LogP contribution in [0.2, 0.25) is 0 Å². The molecular formula is C48H56FN9O3. The van der Waals surface area contributed by atoms with Crippen LogP contribution in [0.25, 0.3) is 22.2 Å². The number of hydrogen-bond donors (Lipinski definition) is 3. The van der Waals surface area contributed by atoms with E-state index in [1.807, 2.05) is 47.5 Å². The van der Waals surface area contributed by atoms with Crippen LogP contribution in [0.3, 0.4) is 0 Å². The number of phenolic OH excluding ortho intramolecular Hbond substituents is 1. The second-order valence-electron chi connectivity index (χ2n) is 17.4. The number of amides is 1. The van der Waals surface area contributed by atoms with Crippen molar-refractivity contribution in [3.63, 3.8) is 0 Å². The average molecular weight is 828 g/mol. The molecule has 3 atom stereocenters. The number of phenols is 1. The zero-order valence-corrected chi connectivity index (χ0v) is 34.5. The van der Waals surface area contributed by atoms with Gasteiger partial charge in [0.05, 0.1) is 31.5 Å². The molecule has 12 nitrogen and oxygen atoms in total. The molecule has 5 aromatic rings. The largest absolute Gasteiger partial charge is 0.507 e. The Balaban J connectivity index is 0.731. The van der Waals surface area contributed by atoms with E-state index in [1.165, 1.54) is 35.7 Å². The lowest BCUT2D eigenvalue weighted by Gasteiger charge is -2.41. The maximum absolute atomic E-state index is 16.5. The van der Waals surface area contributed by atoms with Gasteiger partial charge >= 0.3 is 0 Å². The van der Waals surface area contributed by atoms with E-state index in [0.717, 1.165) is 42.9 Å². The number of nitrogens with zero attached hydrogens (tertiary/aromatic N) is 7. The van der Waals surface area contributed by atoms with Gasteiger partial charge in [-0.3, -0.25) is 10.1 Å². The van der Waals surface area contributed by atoms with Crippen molar-refractivity contribution in [1.82, 2.24) is 29.9 Å². The number of piperidine rings is 2. The molecule has 6 heterocycles. The molecule has 4 N–H and O–H groups in total. The highest BCUT2D eigenvalue weighted by Crippen LogP contribution is 2.42. The zero-order valence-electron chi connectivity index (χ0n) is 36.5. The molecule has 2 aromatic heterocycles. The smallest absolute Gasteiger partial charge is 0.253 e.